The van der Waals surface area contributed by atoms with E-state index < -0.39 is 30.2 Å². The molecule has 2 aliphatic heterocycles. The third-order valence-electron chi connectivity index (χ3n) is 6.92. The van der Waals surface area contributed by atoms with E-state index in [0.717, 1.165) is 5.56 Å². The third kappa shape index (κ3) is 6.91. The number of carbonyl (C=O) groups excluding carboxylic acids is 3. The average Bonchev–Trinajstić information content (AvgIpc) is 3.32. The van der Waals surface area contributed by atoms with Crippen molar-refractivity contribution in [1.29, 1.82) is 0 Å². The van der Waals surface area contributed by atoms with Gasteiger partial charge in [0.15, 0.2) is 0 Å². The summed E-state index contributed by atoms with van der Waals surface area (Å²) in [4.78, 5) is 39.9. The number of hydrogen-bond donors (Lipinski definition) is 2. The minimum absolute atomic E-state index is 0.153. The van der Waals surface area contributed by atoms with E-state index in [-0.39, 0.29) is 23.7 Å². The molecular formula is C30H38FN3O6. The number of nitrogens with one attached hydrogen (secondary N) is 2. The van der Waals surface area contributed by atoms with Crippen LogP contribution in [0.3, 0.4) is 0 Å². The van der Waals surface area contributed by atoms with E-state index >= 15 is 0 Å². The van der Waals surface area contributed by atoms with Crippen LogP contribution in [-0.4, -0.2) is 80.6 Å². The average molecular weight is 556 g/mol. The zero-order valence-corrected chi connectivity index (χ0v) is 23.5. The highest BCUT2D eigenvalue weighted by Crippen LogP contribution is 2.45. The number of benzene rings is 2. The fourth-order valence-electron chi connectivity index (χ4n) is 5.06. The molecule has 0 spiro atoms. The predicted molar refractivity (Wildman–Crippen MR) is 148 cm³/mol. The minimum Gasteiger partial charge on any atom is -0.486 e. The van der Waals surface area contributed by atoms with Crippen LogP contribution in [0.5, 0.6) is 5.75 Å². The van der Waals surface area contributed by atoms with Gasteiger partial charge in [0.25, 0.3) is 11.8 Å². The maximum absolute atomic E-state index is 14.0. The molecule has 216 valence electrons. The van der Waals surface area contributed by atoms with Crippen LogP contribution >= 0.6 is 0 Å². The molecule has 2 heterocycles. The summed E-state index contributed by atoms with van der Waals surface area (Å²) in [6.45, 7) is 6.47. The number of amides is 3. The molecule has 0 saturated carbocycles. The molecule has 2 aliphatic rings. The summed E-state index contributed by atoms with van der Waals surface area (Å²) in [7, 11) is 1.50. The largest absolute Gasteiger partial charge is 0.486 e. The molecule has 2 aromatic carbocycles. The maximum Gasteiger partial charge on any atom is 0.410 e. The molecule has 4 rings (SSSR count). The van der Waals surface area contributed by atoms with Crippen molar-refractivity contribution in [3.05, 3.63) is 64.7 Å². The Morgan fingerprint density at radius 2 is 1.88 bits per heavy atom. The van der Waals surface area contributed by atoms with E-state index in [1.54, 1.807) is 11.0 Å². The number of nitrogens with zero attached hydrogens (tertiary/aromatic N) is 1. The standard InChI is InChI=1S/C30H38FN3O6/c1-30(2,3)40-29(37)34-13-14-38-21(18-34)11-8-12-33-27(35)20-15-22-25(19-9-6-5-7-10-19)24(17-31)39-26(22)23(16-20)28(36)32-4/h5-7,9-10,15-16,21,24-25H,8,11-14,17-18H2,1-4H3,(H,32,36)(H,33,35)/t21-,24-,25+/m1/s1. The predicted octanol–water partition coefficient (Wildman–Crippen LogP) is 4.05. The molecule has 0 bridgehead atoms. The molecule has 2 N–H and O–H groups in total. The lowest BCUT2D eigenvalue weighted by atomic mass is 9.86. The molecule has 3 amide bonds. The molecule has 2 aromatic rings. The number of halogens is 1. The highest BCUT2D eigenvalue weighted by atomic mass is 19.1. The summed E-state index contributed by atoms with van der Waals surface area (Å²) in [6.07, 6.45) is -0.0272. The van der Waals surface area contributed by atoms with Crippen molar-refractivity contribution >= 4 is 17.9 Å². The second-order valence-corrected chi connectivity index (χ2v) is 11.0. The van der Waals surface area contributed by atoms with Crippen LogP contribution in [0.15, 0.2) is 42.5 Å². The smallest absolute Gasteiger partial charge is 0.410 e. The molecule has 0 unspecified atom stereocenters. The lowest BCUT2D eigenvalue weighted by Crippen LogP contribution is -2.47. The van der Waals surface area contributed by atoms with Crippen molar-refractivity contribution < 1.29 is 33.0 Å². The van der Waals surface area contributed by atoms with E-state index in [9.17, 15) is 18.8 Å². The Labute approximate surface area is 234 Å². The van der Waals surface area contributed by atoms with Crippen LogP contribution in [0.2, 0.25) is 0 Å². The molecule has 0 aliphatic carbocycles. The third-order valence-corrected chi connectivity index (χ3v) is 6.92. The van der Waals surface area contributed by atoms with Crippen LogP contribution < -0.4 is 15.4 Å². The van der Waals surface area contributed by atoms with E-state index in [1.807, 2.05) is 51.1 Å². The van der Waals surface area contributed by atoms with E-state index in [4.69, 9.17) is 14.2 Å². The number of fused-ring (bicyclic) bond motifs is 1. The summed E-state index contributed by atoms with van der Waals surface area (Å²) in [6, 6.07) is 12.5. The summed E-state index contributed by atoms with van der Waals surface area (Å²) in [5.41, 5.74) is 1.38. The van der Waals surface area contributed by atoms with Gasteiger partial charge < -0.3 is 29.7 Å². The van der Waals surface area contributed by atoms with Crippen LogP contribution in [-0.2, 0) is 9.47 Å². The van der Waals surface area contributed by atoms with Crippen molar-refractivity contribution in [2.75, 3.05) is 40.0 Å². The number of hydrogen-bond acceptors (Lipinski definition) is 6. The highest BCUT2D eigenvalue weighted by Gasteiger charge is 2.39. The fraction of sp³-hybridized carbons (Fsp3) is 0.500. The van der Waals surface area contributed by atoms with Gasteiger partial charge >= 0.3 is 6.09 Å². The van der Waals surface area contributed by atoms with Gasteiger partial charge in [-0.3, -0.25) is 9.59 Å². The first-order valence-corrected chi connectivity index (χ1v) is 13.7. The lowest BCUT2D eigenvalue weighted by Gasteiger charge is -2.34. The van der Waals surface area contributed by atoms with Crippen molar-refractivity contribution in [1.82, 2.24) is 15.5 Å². The van der Waals surface area contributed by atoms with Crippen molar-refractivity contribution in [2.24, 2.45) is 0 Å². The Kier molecular flexibility index (Phi) is 9.29. The highest BCUT2D eigenvalue weighted by molar-refractivity contribution is 6.02. The first-order chi connectivity index (χ1) is 19.1. The van der Waals surface area contributed by atoms with Crippen molar-refractivity contribution in [2.45, 2.75) is 57.3 Å². The number of alkyl halides is 1. The number of morpholine rings is 1. The van der Waals surface area contributed by atoms with Crippen molar-refractivity contribution in [3.8, 4) is 5.75 Å². The zero-order valence-electron chi connectivity index (χ0n) is 23.5. The Bertz CT molecular complexity index is 1220. The quantitative estimate of drug-likeness (QED) is 0.476. The lowest BCUT2D eigenvalue weighted by molar-refractivity contribution is -0.0449. The van der Waals surface area contributed by atoms with Gasteiger partial charge in [0, 0.05) is 31.3 Å². The van der Waals surface area contributed by atoms with E-state index in [2.05, 4.69) is 10.6 Å². The van der Waals surface area contributed by atoms with E-state index in [1.165, 1.54) is 13.1 Å². The topological polar surface area (TPSA) is 106 Å². The first kappa shape index (κ1) is 29.3. The van der Waals surface area contributed by atoms with Gasteiger partial charge in [-0.15, -0.1) is 0 Å². The van der Waals surface area contributed by atoms with Crippen LogP contribution in [0.1, 0.15) is 71.4 Å². The Balaban J connectivity index is 1.41. The minimum atomic E-state index is -0.796. The SMILES string of the molecule is CNC(=O)c1cc(C(=O)NCCC[C@@H]2CN(C(=O)OC(C)(C)C)CCO2)cc2c1O[C@H](CF)[C@H]2c1ccccc1. The van der Waals surface area contributed by atoms with Gasteiger partial charge in [-0.05, 0) is 51.3 Å². The molecule has 9 nitrogen and oxygen atoms in total. The second kappa shape index (κ2) is 12.7. The second-order valence-electron chi connectivity index (χ2n) is 11.0. The van der Waals surface area contributed by atoms with Crippen LogP contribution in [0.25, 0.3) is 0 Å². The monoisotopic (exact) mass is 555 g/mol. The van der Waals surface area contributed by atoms with Gasteiger partial charge in [0.1, 0.15) is 24.1 Å². The van der Waals surface area contributed by atoms with Crippen LogP contribution in [0, 0.1) is 0 Å². The molecule has 1 fully saturated rings. The number of ether oxygens (including phenoxy) is 3. The van der Waals surface area contributed by atoms with Gasteiger partial charge in [-0.1, -0.05) is 30.3 Å². The first-order valence-electron chi connectivity index (χ1n) is 13.7. The molecular weight excluding hydrogens is 517 g/mol. The maximum atomic E-state index is 14.0. The van der Waals surface area contributed by atoms with Gasteiger partial charge in [-0.25, -0.2) is 9.18 Å². The normalized spacial score (nSPS) is 20.3. The summed E-state index contributed by atoms with van der Waals surface area (Å²) in [5.74, 6) is -0.908. The molecule has 3 atom stereocenters. The zero-order chi connectivity index (χ0) is 28.9. The van der Waals surface area contributed by atoms with Crippen molar-refractivity contribution in [3.63, 3.8) is 0 Å². The Morgan fingerprint density at radius 1 is 1.12 bits per heavy atom. The molecule has 1 saturated heterocycles. The van der Waals surface area contributed by atoms with Crippen LogP contribution in [0.4, 0.5) is 9.18 Å². The molecule has 40 heavy (non-hydrogen) atoms. The number of rotatable bonds is 8. The summed E-state index contributed by atoms with van der Waals surface area (Å²) < 4.78 is 31.2. The summed E-state index contributed by atoms with van der Waals surface area (Å²) in [5, 5.41) is 5.49. The Morgan fingerprint density at radius 3 is 2.55 bits per heavy atom. The van der Waals surface area contributed by atoms with E-state index in [0.29, 0.717) is 56.0 Å². The molecule has 10 heteroatoms. The van der Waals surface area contributed by atoms with Gasteiger partial charge in [0.05, 0.1) is 30.7 Å². The number of carbonyl (C=O) groups is 3. The Hall–Kier alpha value is -3.66. The molecule has 0 radical (unpaired) electrons. The summed E-state index contributed by atoms with van der Waals surface area (Å²) >= 11 is 0. The molecule has 0 aromatic heterocycles. The fourth-order valence-corrected chi connectivity index (χ4v) is 5.06. The van der Waals surface area contributed by atoms with Gasteiger partial charge in [-0.2, -0.15) is 0 Å². The van der Waals surface area contributed by atoms with Gasteiger partial charge in [0.2, 0.25) is 0 Å².